The molecule has 0 unspecified atom stereocenters. The molecule has 25 heavy (non-hydrogen) atoms. The second-order valence-electron chi connectivity index (χ2n) is 6.60. The number of carbonyl (C=O) groups is 2. The summed E-state index contributed by atoms with van der Waals surface area (Å²) in [5.74, 6) is -0.915. The minimum absolute atomic E-state index is 0.239. The molecule has 0 fully saturated rings. The van der Waals surface area contributed by atoms with Crippen LogP contribution in [0.3, 0.4) is 0 Å². The van der Waals surface area contributed by atoms with Crippen LogP contribution >= 0.6 is 0 Å². The van der Waals surface area contributed by atoms with Crippen molar-refractivity contribution in [3.8, 4) is 0 Å². The van der Waals surface area contributed by atoms with Gasteiger partial charge in [0.05, 0.1) is 11.8 Å². The fourth-order valence-electron chi connectivity index (χ4n) is 2.56. The molecule has 2 N–H and O–H groups in total. The lowest BCUT2D eigenvalue weighted by atomic mass is 10.1. The molecular formula is C19H25N3O3. The topological polar surface area (TPSA) is 84.2 Å². The first-order chi connectivity index (χ1) is 11.9. The van der Waals surface area contributed by atoms with Gasteiger partial charge in [-0.2, -0.15) is 5.10 Å². The number of amides is 1. The molecule has 1 amide bonds. The highest BCUT2D eigenvalue weighted by Crippen LogP contribution is 2.11. The Balaban J connectivity index is 2.07. The Labute approximate surface area is 147 Å². The molecule has 1 heterocycles. The van der Waals surface area contributed by atoms with Gasteiger partial charge in [-0.1, -0.05) is 44.2 Å². The van der Waals surface area contributed by atoms with Crippen LogP contribution in [-0.4, -0.2) is 32.8 Å². The zero-order valence-electron chi connectivity index (χ0n) is 14.9. The number of nitrogens with zero attached hydrogens (tertiary/aromatic N) is 2. The number of carbonyl (C=O) groups excluding carboxylic acids is 1. The number of aryl methyl sites for hydroxylation is 1. The average molecular weight is 343 g/mol. The molecule has 2 rings (SSSR count). The fraction of sp³-hybridized carbons (Fsp3) is 0.421. The molecule has 2 aromatic rings. The van der Waals surface area contributed by atoms with Gasteiger partial charge in [0, 0.05) is 18.7 Å². The monoisotopic (exact) mass is 343 g/mol. The van der Waals surface area contributed by atoms with Gasteiger partial charge < -0.3 is 10.4 Å². The van der Waals surface area contributed by atoms with Crippen molar-refractivity contribution in [2.45, 2.75) is 46.2 Å². The van der Waals surface area contributed by atoms with E-state index in [0.717, 1.165) is 24.2 Å². The van der Waals surface area contributed by atoms with E-state index in [-0.39, 0.29) is 6.42 Å². The van der Waals surface area contributed by atoms with Gasteiger partial charge in [-0.05, 0) is 24.8 Å². The fourth-order valence-corrected chi connectivity index (χ4v) is 2.56. The Morgan fingerprint density at radius 1 is 1.24 bits per heavy atom. The van der Waals surface area contributed by atoms with Gasteiger partial charge >= 0.3 is 5.97 Å². The molecule has 1 atom stereocenters. The minimum atomic E-state index is -1.05. The van der Waals surface area contributed by atoms with Crippen LogP contribution in [0.5, 0.6) is 0 Å². The quantitative estimate of drug-likeness (QED) is 0.772. The van der Waals surface area contributed by atoms with Gasteiger partial charge in [-0.3, -0.25) is 9.48 Å². The Bertz CT molecular complexity index is 723. The Morgan fingerprint density at radius 3 is 2.52 bits per heavy atom. The average Bonchev–Trinajstić information content (AvgIpc) is 2.94. The molecule has 0 spiro atoms. The van der Waals surface area contributed by atoms with E-state index < -0.39 is 17.9 Å². The summed E-state index contributed by atoms with van der Waals surface area (Å²) in [6.07, 6.45) is 2.71. The zero-order valence-corrected chi connectivity index (χ0v) is 14.9. The molecule has 0 aliphatic rings. The van der Waals surface area contributed by atoms with Crippen LogP contribution < -0.4 is 5.32 Å². The number of hydrogen-bond donors (Lipinski definition) is 2. The van der Waals surface area contributed by atoms with Gasteiger partial charge in [0.1, 0.15) is 6.04 Å². The van der Waals surface area contributed by atoms with E-state index in [0.29, 0.717) is 11.5 Å². The van der Waals surface area contributed by atoms with Crippen molar-refractivity contribution in [2.24, 2.45) is 5.92 Å². The summed E-state index contributed by atoms with van der Waals surface area (Å²) in [7, 11) is 0. The molecule has 0 saturated carbocycles. The molecule has 0 radical (unpaired) electrons. The maximum Gasteiger partial charge on any atom is 0.326 e. The lowest BCUT2D eigenvalue weighted by Gasteiger charge is -2.14. The molecule has 134 valence electrons. The zero-order chi connectivity index (χ0) is 18.4. The molecule has 1 aromatic carbocycles. The van der Waals surface area contributed by atoms with Gasteiger partial charge in [0.2, 0.25) is 0 Å². The molecule has 0 aliphatic carbocycles. The lowest BCUT2D eigenvalue weighted by Crippen LogP contribution is -2.42. The van der Waals surface area contributed by atoms with Crippen molar-refractivity contribution in [1.29, 1.82) is 0 Å². The highest BCUT2D eigenvalue weighted by atomic mass is 16.4. The summed E-state index contributed by atoms with van der Waals surface area (Å²) in [6, 6.07) is 8.27. The highest BCUT2D eigenvalue weighted by Gasteiger charge is 2.23. The van der Waals surface area contributed by atoms with Crippen LogP contribution in [0.2, 0.25) is 0 Å². The van der Waals surface area contributed by atoms with E-state index in [4.69, 9.17) is 0 Å². The van der Waals surface area contributed by atoms with Crippen LogP contribution in [0.4, 0.5) is 0 Å². The van der Waals surface area contributed by atoms with Crippen molar-refractivity contribution in [1.82, 2.24) is 15.1 Å². The van der Waals surface area contributed by atoms with Crippen LogP contribution in [0.15, 0.2) is 36.5 Å². The first-order valence-corrected chi connectivity index (χ1v) is 8.48. The summed E-state index contributed by atoms with van der Waals surface area (Å²) in [5, 5.41) is 16.3. The molecule has 6 heteroatoms. The van der Waals surface area contributed by atoms with Crippen LogP contribution in [-0.2, 0) is 17.8 Å². The van der Waals surface area contributed by atoms with E-state index in [1.807, 2.05) is 37.3 Å². The minimum Gasteiger partial charge on any atom is -0.480 e. The number of nitrogens with one attached hydrogen (secondary N) is 1. The second-order valence-corrected chi connectivity index (χ2v) is 6.60. The summed E-state index contributed by atoms with van der Waals surface area (Å²) in [4.78, 5) is 24.0. The number of rotatable bonds is 8. The first kappa shape index (κ1) is 18.7. The third-order valence-corrected chi connectivity index (χ3v) is 4.15. The second kappa shape index (κ2) is 8.46. The number of hydrogen-bond acceptors (Lipinski definition) is 3. The van der Waals surface area contributed by atoms with E-state index in [1.165, 1.54) is 6.20 Å². The maximum absolute atomic E-state index is 12.5. The van der Waals surface area contributed by atoms with E-state index in [9.17, 15) is 14.7 Å². The summed E-state index contributed by atoms with van der Waals surface area (Å²) in [6.45, 7) is 6.83. The Kier molecular flexibility index (Phi) is 6.33. The number of aliphatic carboxylic acids is 1. The van der Waals surface area contributed by atoms with Crippen LogP contribution in [0, 0.1) is 12.8 Å². The molecular weight excluding hydrogens is 318 g/mol. The van der Waals surface area contributed by atoms with Gasteiger partial charge in [-0.15, -0.1) is 0 Å². The van der Waals surface area contributed by atoms with Crippen molar-refractivity contribution in [3.05, 3.63) is 53.3 Å². The molecule has 0 saturated heterocycles. The molecule has 1 aromatic heterocycles. The lowest BCUT2D eigenvalue weighted by molar-refractivity contribution is -0.139. The summed E-state index contributed by atoms with van der Waals surface area (Å²) in [5.41, 5.74) is 2.03. The van der Waals surface area contributed by atoms with Crippen LogP contribution in [0.1, 0.15) is 41.9 Å². The first-order valence-electron chi connectivity index (χ1n) is 8.48. The van der Waals surface area contributed by atoms with Gasteiger partial charge in [0.25, 0.3) is 5.91 Å². The third kappa shape index (κ3) is 5.17. The van der Waals surface area contributed by atoms with Gasteiger partial charge in [0.15, 0.2) is 0 Å². The van der Waals surface area contributed by atoms with Crippen LogP contribution in [0.25, 0.3) is 0 Å². The predicted octanol–water partition coefficient (Wildman–Crippen LogP) is 2.66. The third-order valence-electron chi connectivity index (χ3n) is 4.15. The van der Waals surface area contributed by atoms with Crippen molar-refractivity contribution in [2.75, 3.05) is 0 Å². The largest absolute Gasteiger partial charge is 0.480 e. The standard InChI is InChI=1S/C19H25N3O3/c1-13(2)9-10-22-14(3)16(12-20-22)18(23)21-17(19(24)25)11-15-7-5-4-6-8-15/h4-8,12-13,17H,9-11H2,1-3H3,(H,21,23)(H,24,25)/t17-/m1/s1. The number of carboxylic acid groups (broad SMARTS) is 1. The maximum atomic E-state index is 12.5. The number of benzene rings is 1. The van der Waals surface area contributed by atoms with Crippen molar-refractivity contribution >= 4 is 11.9 Å². The molecule has 0 aliphatic heterocycles. The highest BCUT2D eigenvalue weighted by molar-refractivity contribution is 5.97. The summed E-state index contributed by atoms with van der Waals surface area (Å²) < 4.78 is 1.79. The normalized spacial score (nSPS) is 12.2. The number of aromatic nitrogens is 2. The van der Waals surface area contributed by atoms with Crippen molar-refractivity contribution < 1.29 is 14.7 Å². The predicted molar refractivity (Wildman–Crippen MR) is 95.5 cm³/mol. The van der Waals surface area contributed by atoms with Gasteiger partial charge in [-0.25, -0.2) is 4.79 Å². The smallest absolute Gasteiger partial charge is 0.326 e. The molecule has 0 bridgehead atoms. The van der Waals surface area contributed by atoms with E-state index in [2.05, 4.69) is 24.3 Å². The molecule has 6 nitrogen and oxygen atoms in total. The summed E-state index contributed by atoms with van der Waals surface area (Å²) >= 11 is 0. The van der Waals surface area contributed by atoms with E-state index in [1.54, 1.807) is 4.68 Å². The SMILES string of the molecule is Cc1c(C(=O)N[C@H](Cc2ccccc2)C(=O)O)cnn1CCC(C)C. The Morgan fingerprint density at radius 2 is 1.92 bits per heavy atom. The van der Waals surface area contributed by atoms with Crippen molar-refractivity contribution in [3.63, 3.8) is 0 Å². The van der Waals surface area contributed by atoms with E-state index >= 15 is 0 Å². The Hall–Kier alpha value is -2.63. The number of carboxylic acids is 1.